The number of aliphatic carboxylic acids is 3. The fourth-order valence-electron chi connectivity index (χ4n) is 2.68. The lowest BCUT2D eigenvalue weighted by Gasteiger charge is -2.32. The maximum absolute atomic E-state index is 12.3. The van der Waals surface area contributed by atoms with Gasteiger partial charge in [0.2, 0.25) is 10.0 Å². The summed E-state index contributed by atoms with van der Waals surface area (Å²) in [5.41, 5.74) is 2.82. The Morgan fingerprint density at radius 2 is 1.31 bits per heavy atom. The molecule has 13 nitrogen and oxygen atoms in total. The molecule has 1 fully saturated rings. The summed E-state index contributed by atoms with van der Waals surface area (Å²) >= 11 is 0. The lowest BCUT2D eigenvalue weighted by molar-refractivity contribution is -0.141. The quantitative estimate of drug-likeness (QED) is 0.312. The van der Waals surface area contributed by atoms with Crippen LogP contribution in [0.1, 0.15) is 0 Å². The van der Waals surface area contributed by atoms with E-state index < -0.39 is 27.9 Å². The van der Waals surface area contributed by atoms with Crippen LogP contribution in [-0.4, -0.2) is 126 Å². The van der Waals surface area contributed by atoms with Gasteiger partial charge in [-0.1, -0.05) is 6.58 Å². The Kier molecular flexibility index (Phi) is 10.1. The molecule has 4 N–H and O–H groups in total. The van der Waals surface area contributed by atoms with Gasteiger partial charge in [0.1, 0.15) is 6.54 Å². The van der Waals surface area contributed by atoms with Crippen LogP contribution >= 0.6 is 0 Å². The molecule has 0 atom stereocenters. The molecular weight excluding hydrogens is 410 g/mol. The monoisotopic (exact) mass is 437 g/mol. The molecule has 29 heavy (non-hydrogen) atoms. The Hall–Kier alpha value is -2.10. The third kappa shape index (κ3) is 9.78. The van der Waals surface area contributed by atoms with Crippen molar-refractivity contribution in [1.82, 2.24) is 24.5 Å². The van der Waals surface area contributed by atoms with Gasteiger partial charge in [-0.2, -0.15) is 4.31 Å². The zero-order valence-corrected chi connectivity index (χ0v) is 16.8. The summed E-state index contributed by atoms with van der Waals surface area (Å²) in [7, 11) is -3.80. The number of carboxylic acid groups (broad SMARTS) is 3. The van der Waals surface area contributed by atoms with E-state index in [4.69, 9.17) is 15.3 Å². The van der Waals surface area contributed by atoms with Crippen molar-refractivity contribution in [2.45, 2.75) is 0 Å². The Balaban J connectivity index is 3.04. The Labute approximate surface area is 168 Å². The second kappa shape index (κ2) is 11.8. The number of carboxylic acids is 3. The summed E-state index contributed by atoms with van der Waals surface area (Å²) in [6.07, 6.45) is 0. The van der Waals surface area contributed by atoms with Gasteiger partial charge in [-0.25, -0.2) is 18.9 Å². The summed E-state index contributed by atoms with van der Waals surface area (Å²) in [6, 6.07) is 0. The molecule has 0 amide bonds. The van der Waals surface area contributed by atoms with E-state index >= 15 is 0 Å². The normalized spacial score (nSPS) is 19.7. The van der Waals surface area contributed by atoms with Crippen LogP contribution in [0.3, 0.4) is 0 Å². The van der Waals surface area contributed by atoms with Crippen LogP contribution in [0, 0.1) is 0 Å². The minimum Gasteiger partial charge on any atom is -0.480 e. The van der Waals surface area contributed by atoms with Crippen molar-refractivity contribution in [1.29, 1.82) is 0 Å². The zero-order chi connectivity index (χ0) is 22.0. The summed E-state index contributed by atoms with van der Waals surface area (Å²) in [4.78, 5) is 36.2. The predicted octanol–water partition coefficient (Wildman–Crippen LogP) is -2.60. The molecule has 1 aliphatic rings. The predicted molar refractivity (Wildman–Crippen MR) is 101 cm³/mol. The lowest BCUT2D eigenvalue weighted by atomic mass is 10.4. The van der Waals surface area contributed by atoms with Crippen LogP contribution in [0.15, 0.2) is 12.0 Å². The first kappa shape index (κ1) is 24.9. The highest BCUT2D eigenvalue weighted by Gasteiger charge is 2.24. The number of hydrazine groups is 1. The van der Waals surface area contributed by atoms with Crippen LogP contribution in [0.2, 0.25) is 0 Å². The molecule has 0 radical (unpaired) electrons. The smallest absolute Gasteiger partial charge is 0.319 e. The molecule has 0 aliphatic carbocycles. The number of nitrogens with zero attached hydrogens (tertiary/aromatic N) is 4. The van der Waals surface area contributed by atoms with E-state index in [9.17, 15) is 22.8 Å². The summed E-state index contributed by atoms with van der Waals surface area (Å²) in [6.45, 7) is 2.57. The van der Waals surface area contributed by atoms with Crippen molar-refractivity contribution in [3.8, 4) is 0 Å². The summed E-state index contributed by atoms with van der Waals surface area (Å²) in [5, 5.41) is 29.3. The van der Waals surface area contributed by atoms with Crippen LogP contribution in [0.25, 0.3) is 0 Å². The van der Waals surface area contributed by atoms with Crippen molar-refractivity contribution >= 4 is 27.9 Å². The number of sulfonamides is 1. The molecule has 1 rings (SSSR count). The van der Waals surface area contributed by atoms with E-state index in [2.05, 4.69) is 12.0 Å². The molecule has 0 spiro atoms. The van der Waals surface area contributed by atoms with Crippen LogP contribution in [0.4, 0.5) is 0 Å². The van der Waals surface area contributed by atoms with Crippen molar-refractivity contribution < 1.29 is 38.1 Å². The molecule has 0 aromatic heterocycles. The van der Waals surface area contributed by atoms with E-state index in [1.807, 2.05) is 0 Å². The largest absolute Gasteiger partial charge is 0.480 e. The molecule has 0 saturated carbocycles. The lowest BCUT2D eigenvalue weighted by Crippen LogP contribution is -2.53. The highest BCUT2D eigenvalue weighted by Crippen LogP contribution is 2.05. The summed E-state index contributed by atoms with van der Waals surface area (Å²) < 4.78 is 25.6. The second-order valence-electron chi connectivity index (χ2n) is 6.36. The second-order valence-corrected chi connectivity index (χ2v) is 8.24. The number of carbonyl (C=O) groups is 3. The van der Waals surface area contributed by atoms with Gasteiger partial charge in [0.05, 0.1) is 19.8 Å². The van der Waals surface area contributed by atoms with Crippen LogP contribution < -0.4 is 5.43 Å². The molecule has 166 valence electrons. The first-order valence-electron chi connectivity index (χ1n) is 8.74. The highest BCUT2D eigenvalue weighted by atomic mass is 32.2. The molecule has 1 aliphatic heterocycles. The SMILES string of the molecule is C=CS(=O)(=O)N1CCN(CC(=O)O)CCN(CC(=O)O)NCN(CC(=O)O)CC1. The number of hydrogen-bond acceptors (Lipinski definition) is 9. The van der Waals surface area contributed by atoms with E-state index in [0.717, 1.165) is 9.71 Å². The van der Waals surface area contributed by atoms with Gasteiger partial charge >= 0.3 is 17.9 Å². The van der Waals surface area contributed by atoms with Gasteiger partial charge in [0, 0.05) is 44.7 Å². The molecule has 0 aromatic carbocycles. The number of nitrogens with one attached hydrogen (secondary N) is 1. The maximum atomic E-state index is 12.3. The highest BCUT2D eigenvalue weighted by molar-refractivity contribution is 7.92. The third-order valence-electron chi connectivity index (χ3n) is 4.15. The van der Waals surface area contributed by atoms with Crippen molar-refractivity contribution in [3.05, 3.63) is 12.0 Å². The molecular formula is C15H27N5O8S. The minimum atomic E-state index is -3.80. The maximum Gasteiger partial charge on any atom is 0.319 e. The Morgan fingerprint density at radius 3 is 1.83 bits per heavy atom. The molecule has 0 unspecified atom stereocenters. The van der Waals surface area contributed by atoms with Gasteiger partial charge in [0.15, 0.2) is 0 Å². The van der Waals surface area contributed by atoms with Gasteiger partial charge in [-0.05, 0) is 0 Å². The molecule has 1 heterocycles. The third-order valence-corrected chi connectivity index (χ3v) is 5.66. The molecule has 0 bridgehead atoms. The van der Waals surface area contributed by atoms with E-state index in [-0.39, 0.29) is 65.6 Å². The van der Waals surface area contributed by atoms with Crippen molar-refractivity contribution in [2.75, 3.05) is 65.6 Å². The van der Waals surface area contributed by atoms with Gasteiger partial charge in [0.25, 0.3) is 0 Å². The molecule has 14 heteroatoms. The summed E-state index contributed by atoms with van der Waals surface area (Å²) in [5.74, 6) is -3.32. The van der Waals surface area contributed by atoms with Crippen LogP contribution in [0.5, 0.6) is 0 Å². The van der Waals surface area contributed by atoms with E-state index in [1.54, 1.807) is 0 Å². The minimum absolute atomic E-state index is 0.0189. The standard InChI is InChI=1S/C15H27N5O8S/c1-2-29(27,28)20-7-4-17(9-13(21)22)3-6-19(11-15(25)26)16-12-18(5-8-20)10-14(23)24/h2,16H,1,3-12H2,(H,21,22)(H,23,24)(H,25,26). The fraction of sp³-hybridized carbons (Fsp3) is 0.667. The number of rotatable bonds is 8. The average Bonchev–Trinajstić information content (AvgIpc) is 2.60. The first-order valence-corrected chi connectivity index (χ1v) is 10.2. The zero-order valence-electron chi connectivity index (χ0n) is 15.9. The number of hydrogen-bond donors (Lipinski definition) is 4. The van der Waals surface area contributed by atoms with Crippen molar-refractivity contribution in [3.63, 3.8) is 0 Å². The van der Waals surface area contributed by atoms with E-state index in [1.165, 1.54) is 14.8 Å². The van der Waals surface area contributed by atoms with E-state index in [0.29, 0.717) is 0 Å². The van der Waals surface area contributed by atoms with Gasteiger partial charge in [-0.15, -0.1) is 0 Å². The average molecular weight is 437 g/mol. The molecule has 0 aromatic rings. The van der Waals surface area contributed by atoms with Crippen LogP contribution in [-0.2, 0) is 24.4 Å². The van der Waals surface area contributed by atoms with Gasteiger partial charge < -0.3 is 15.3 Å². The Bertz CT molecular complexity index is 669. The first-order chi connectivity index (χ1) is 13.5. The van der Waals surface area contributed by atoms with Gasteiger partial charge in [-0.3, -0.25) is 24.2 Å². The molecule has 1 saturated heterocycles. The Morgan fingerprint density at radius 1 is 0.828 bits per heavy atom. The fourth-order valence-corrected chi connectivity index (χ4v) is 3.57. The van der Waals surface area contributed by atoms with Crippen molar-refractivity contribution in [2.24, 2.45) is 0 Å². The topological polar surface area (TPSA) is 171 Å².